The van der Waals surface area contributed by atoms with Gasteiger partial charge in [-0.2, -0.15) is 0 Å². The van der Waals surface area contributed by atoms with E-state index in [0.29, 0.717) is 13.1 Å². The highest BCUT2D eigenvalue weighted by Gasteiger charge is 2.16. The minimum absolute atomic E-state index is 0.0241. The first kappa shape index (κ1) is 14.7. The van der Waals surface area contributed by atoms with Crippen LogP contribution in [-0.4, -0.2) is 43.1 Å². The molecule has 18 heavy (non-hydrogen) atoms. The fourth-order valence-corrected chi connectivity index (χ4v) is 1.95. The van der Waals surface area contributed by atoms with Crippen LogP contribution in [0.1, 0.15) is 18.6 Å². The minimum atomic E-state index is -0.520. The van der Waals surface area contributed by atoms with E-state index in [2.05, 4.69) is 5.32 Å². The van der Waals surface area contributed by atoms with Crippen LogP contribution in [0.2, 0.25) is 0 Å². The van der Waals surface area contributed by atoms with Crippen LogP contribution in [0.4, 0.5) is 0 Å². The van der Waals surface area contributed by atoms with Gasteiger partial charge in [-0.3, -0.25) is 4.79 Å². The SMILES string of the molecule is CNC(=O)C(C)CN(C)CC(O)c1ccccc1. The summed E-state index contributed by atoms with van der Waals surface area (Å²) in [6, 6.07) is 9.55. The van der Waals surface area contributed by atoms with Crippen molar-refractivity contribution in [3.8, 4) is 0 Å². The first-order valence-corrected chi connectivity index (χ1v) is 6.17. The molecule has 4 nitrogen and oxygen atoms in total. The molecule has 0 radical (unpaired) electrons. The van der Waals surface area contributed by atoms with Crippen molar-refractivity contribution in [3.05, 3.63) is 35.9 Å². The van der Waals surface area contributed by atoms with E-state index >= 15 is 0 Å². The van der Waals surface area contributed by atoms with E-state index in [1.165, 1.54) is 0 Å². The van der Waals surface area contributed by atoms with E-state index in [9.17, 15) is 9.90 Å². The van der Waals surface area contributed by atoms with Gasteiger partial charge >= 0.3 is 0 Å². The summed E-state index contributed by atoms with van der Waals surface area (Å²) in [6.45, 7) is 3.03. The molecule has 1 aromatic rings. The highest BCUT2D eigenvalue weighted by atomic mass is 16.3. The summed E-state index contributed by atoms with van der Waals surface area (Å²) in [5, 5.41) is 12.7. The Morgan fingerprint density at radius 3 is 2.50 bits per heavy atom. The average Bonchev–Trinajstić information content (AvgIpc) is 2.38. The maximum atomic E-state index is 11.4. The molecule has 0 fully saturated rings. The van der Waals surface area contributed by atoms with Crippen LogP contribution in [0.3, 0.4) is 0 Å². The van der Waals surface area contributed by atoms with Gasteiger partial charge in [0.05, 0.1) is 6.10 Å². The van der Waals surface area contributed by atoms with Crippen molar-refractivity contribution in [2.75, 3.05) is 27.2 Å². The largest absolute Gasteiger partial charge is 0.387 e. The molecule has 0 aliphatic carbocycles. The molecule has 0 aliphatic rings. The number of aliphatic hydroxyl groups is 1. The number of hydrogen-bond acceptors (Lipinski definition) is 3. The highest BCUT2D eigenvalue weighted by Crippen LogP contribution is 2.13. The lowest BCUT2D eigenvalue weighted by atomic mass is 10.1. The molecule has 2 atom stereocenters. The zero-order chi connectivity index (χ0) is 13.5. The lowest BCUT2D eigenvalue weighted by Crippen LogP contribution is -2.36. The third-order valence-electron chi connectivity index (χ3n) is 2.95. The van der Waals surface area contributed by atoms with E-state index < -0.39 is 6.10 Å². The first-order chi connectivity index (χ1) is 8.54. The van der Waals surface area contributed by atoms with Crippen molar-refractivity contribution in [2.24, 2.45) is 5.92 Å². The number of amides is 1. The van der Waals surface area contributed by atoms with Gasteiger partial charge in [0.1, 0.15) is 0 Å². The van der Waals surface area contributed by atoms with Crippen LogP contribution in [0, 0.1) is 5.92 Å². The second kappa shape index (κ2) is 7.13. The molecule has 1 rings (SSSR count). The number of aliphatic hydroxyl groups excluding tert-OH is 1. The maximum Gasteiger partial charge on any atom is 0.223 e. The lowest BCUT2D eigenvalue weighted by molar-refractivity contribution is -0.124. The summed E-state index contributed by atoms with van der Waals surface area (Å²) in [6.07, 6.45) is -0.520. The van der Waals surface area contributed by atoms with Gasteiger partial charge in [0, 0.05) is 26.1 Å². The Hall–Kier alpha value is -1.39. The normalized spacial score (nSPS) is 14.3. The van der Waals surface area contributed by atoms with Crippen LogP contribution >= 0.6 is 0 Å². The molecule has 0 heterocycles. The van der Waals surface area contributed by atoms with E-state index in [1.54, 1.807) is 7.05 Å². The van der Waals surface area contributed by atoms with Crippen molar-refractivity contribution in [3.63, 3.8) is 0 Å². The molecule has 0 saturated carbocycles. The van der Waals surface area contributed by atoms with Crippen molar-refractivity contribution in [1.29, 1.82) is 0 Å². The molecule has 100 valence electrons. The summed E-state index contributed by atoms with van der Waals surface area (Å²) >= 11 is 0. The van der Waals surface area contributed by atoms with Gasteiger partial charge < -0.3 is 15.3 Å². The molecular formula is C14H22N2O2. The third-order valence-corrected chi connectivity index (χ3v) is 2.95. The molecular weight excluding hydrogens is 228 g/mol. The Morgan fingerprint density at radius 1 is 1.33 bits per heavy atom. The highest BCUT2D eigenvalue weighted by molar-refractivity contribution is 5.78. The molecule has 0 aliphatic heterocycles. The van der Waals surface area contributed by atoms with Gasteiger partial charge in [-0.25, -0.2) is 0 Å². The zero-order valence-electron chi connectivity index (χ0n) is 11.3. The van der Waals surface area contributed by atoms with Crippen molar-refractivity contribution >= 4 is 5.91 Å². The third kappa shape index (κ3) is 4.47. The second-order valence-electron chi connectivity index (χ2n) is 4.66. The summed E-state index contributed by atoms with van der Waals surface area (Å²) in [7, 11) is 3.54. The fraction of sp³-hybridized carbons (Fsp3) is 0.500. The number of likely N-dealkylation sites (N-methyl/N-ethyl adjacent to an activating group) is 1. The average molecular weight is 250 g/mol. The summed E-state index contributed by atoms with van der Waals surface area (Å²) < 4.78 is 0. The Kier molecular flexibility index (Phi) is 5.82. The van der Waals surface area contributed by atoms with Crippen LogP contribution < -0.4 is 5.32 Å². The van der Waals surface area contributed by atoms with Crippen LogP contribution in [0.5, 0.6) is 0 Å². The molecule has 1 aromatic carbocycles. The molecule has 1 amide bonds. The van der Waals surface area contributed by atoms with Crippen molar-refractivity contribution in [2.45, 2.75) is 13.0 Å². The van der Waals surface area contributed by atoms with Gasteiger partial charge in [0.2, 0.25) is 5.91 Å². The molecule has 0 spiro atoms. The molecule has 2 N–H and O–H groups in total. The monoisotopic (exact) mass is 250 g/mol. The van der Waals surface area contributed by atoms with E-state index in [0.717, 1.165) is 5.56 Å². The van der Waals surface area contributed by atoms with Crippen LogP contribution in [-0.2, 0) is 4.79 Å². The molecule has 0 bridgehead atoms. The maximum absolute atomic E-state index is 11.4. The number of carbonyl (C=O) groups excluding carboxylic acids is 1. The Morgan fingerprint density at radius 2 is 1.94 bits per heavy atom. The summed E-state index contributed by atoms with van der Waals surface area (Å²) in [4.78, 5) is 13.4. The van der Waals surface area contributed by atoms with Gasteiger partial charge in [-0.1, -0.05) is 37.3 Å². The Labute approximate surface area is 109 Å². The number of benzene rings is 1. The number of nitrogens with zero attached hydrogens (tertiary/aromatic N) is 1. The summed E-state index contributed by atoms with van der Waals surface area (Å²) in [5.74, 6) is -0.0565. The van der Waals surface area contributed by atoms with E-state index in [1.807, 2.05) is 49.2 Å². The van der Waals surface area contributed by atoms with Crippen LogP contribution in [0.15, 0.2) is 30.3 Å². The van der Waals surface area contributed by atoms with E-state index in [4.69, 9.17) is 0 Å². The standard InChI is InChI=1S/C14H22N2O2/c1-11(14(18)15-2)9-16(3)10-13(17)12-7-5-4-6-8-12/h4-8,11,13,17H,9-10H2,1-3H3,(H,15,18). The van der Waals surface area contributed by atoms with Crippen molar-refractivity contribution < 1.29 is 9.90 Å². The van der Waals surface area contributed by atoms with Gasteiger partial charge in [0.15, 0.2) is 0 Å². The topological polar surface area (TPSA) is 52.6 Å². The summed E-state index contributed by atoms with van der Waals surface area (Å²) in [5.41, 5.74) is 0.900. The quantitative estimate of drug-likeness (QED) is 0.793. The second-order valence-corrected chi connectivity index (χ2v) is 4.66. The molecule has 4 heteroatoms. The number of hydrogen-bond donors (Lipinski definition) is 2. The molecule has 2 unspecified atom stereocenters. The van der Waals surface area contributed by atoms with Gasteiger partial charge in [0.25, 0.3) is 0 Å². The lowest BCUT2D eigenvalue weighted by Gasteiger charge is -2.23. The van der Waals surface area contributed by atoms with Crippen LogP contribution in [0.25, 0.3) is 0 Å². The number of rotatable bonds is 6. The Bertz CT molecular complexity index is 367. The smallest absolute Gasteiger partial charge is 0.223 e. The number of carbonyl (C=O) groups is 1. The first-order valence-electron chi connectivity index (χ1n) is 6.17. The van der Waals surface area contributed by atoms with Gasteiger partial charge in [-0.15, -0.1) is 0 Å². The number of nitrogens with one attached hydrogen (secondary N) is 1. The molecule has 0 saturated heterocycles. The predicted octanol–water partition coefficient (Wildman–Crippen LogP) is 1.03. The zero-order valence-corrected chi connectivity index (χ0v) is 11.3. The minimum Gasteiger partial charge on any atom is -0.387 e. The fourth-order valence-electron chi connectivity index (χ4n) is 1.95. The Balaban J connectivity index is 2.45. The van der Waals surface area contributed by atoms with Gasteiger partial charge in [-0.05, 0) is 12.6 Å². The van der Waals surface area contributed by atoms with E-state index in [-0.39, 0.29) is 11.8 Å². The molecule has 0 aromatic heterocycles. The predicted molar refractivity (Wildman–Crippen MR) is 72.1 cm³/mol. The van der Waals surface area contributed by atoms with Crippen molar-refractivity contribution in [1.82, 2.24) is 10.2 Å².